The van der Waals surface area contributed by atoms with Crippen molar-refractivity contribution in [2.45, 2.75) is 6.42 Å². The molecule has 0 atom stereocenters. The van der Waals surface area contributed by atoms with E-state index in [1.54, 1.807) is 48.5 Å². The van der Waals surface area contributed by atoms with Crippen molar-refractivity contribution in [3.63, 3.8) is 0 Å². The van der Waals surface area contributed by atoms with Gasteiger partial charge in [-0.05, 0) is 42.8 Å². The van der Waals surface area contributed by atoms with E-state index in [0.29, 0.717) is 27.7 Å². The highest BCUT2D eigenvalue weighted by molar-refractivity contribution is 6.30. The lowest BCUT2D eigenvalue weighted by Gasteiger charge is -2.25. The van der Waals surface area contributed by atoms with E-state index >= 15 is 0 Å². The smallest absolute Gasteiger partial charge is 0.258 e. The zero-order valence-corrected chi connectivity index (χ0v) is 18.3. The fraction of sp³-hybridized carbons (Fsp3) is 0.167. The number of carbonyl (C=O) groups is 2. The van der Waals surface area contributed by atoms with Crippen molar-refractivity contribution in [1.29, 1.82) is 0 Å². The highest BCUT2D eigenvalue weighted by Gasteiger charge is 2.16. The number of para-hydroxylation sites is 1. The Morgan fingerprint density at radius 2 is 1.75 bits per heavy atom. The van der Waals surface area contributed by atoms with Gasteiger partial charge in [-0.15, -0.1) is 0 Å². The van der Waals surface area contributed by atoms with E-state index in [-0.39, 0.29) is 11.8 Å². The van der Waals surface area contributed by atoms with Gasteiger partial charge in [0.25, 0.3) is 11.8 Å². The minimum Gasteiger partial charge on any atom is -0.359 e. The van der Waals surface area contributed by atoms with Crippen LogP contribution in [0.2, 0.25) is 5.02 Å². The molecule has 1 aliphatic heterocycles. The van der Waals surface area contributed by atoms with E-state index < -0.39 is 0 Å². The summed E-state index contributed by atoms with van der Waals surface area (Å²) in [5, 5.41) is 6.01. The molecule has 1 aromatic heterocycles. The Kier molecular flexibility index (Phi) is 6.47. The molecule has 4 rings (SSSR count). The first-order chi connectivity index (χ1) is 15.5. The molecule has 8 heteroatoms. The van der Waals surface area contributed by atoms with Crippen LogP contribution >= 0.6 is 11.6 Å². The SMILES string of the molecule is CN1CCCN=C1c1ccc(C(=O)Nc2ccccc2C(=O)Nc2ccc(Cl)cn2)cc1. The number of carbonyl (C=O) groups excluding carboxylic acids is 2. The molecular formula is C24H22ClN5O2. The van der Waals surface area contributed by atoms with E-state index in [4.69, 9.17) is 11.6 Å². The van der Waals surface area contributed by atoms with Gasteiger partial charge in [0.1, 0.15) is 11.7 Å². The number of nitrogens with one attached hydrogen (secondary N) is 2. The average Bonchev–Trinajstić information content (AvgIpc) is 2.81. The fourth-order valence-corrected chi connectivity index (χ4v) is 3.53. The number of rotatable bonds is 5. The summed E-state index contributed by atoms with van der Waals surface area (Å²) in [5.41, 5.74) is 2.19. The predicted molar refractivity (Wildman–Crippen MR) is 127 cm³/mol. The van der Waals surface area contributed by atoms with E-state index in [1.807, 2.05) is 19.2 Å². The van der Waals surface area contributed by atoms with Crippen molar-refractivity contribution < 1.29 is 9.59 Å². The molecule has 162 valence electrons. The highest BCUT2D eigenvalue weighted by Crippen LogP contribution is 2.19. The summed E-state index contributed by atoms with van der Waals surface area (Å²) >= 11 is 5.84. The molecule has 0 saturated carbocycles. The molecule has 0 unspecified atom stereocenters. The maximum Gasteiger partial charge on any atom is 0.258 e. The Hall–Kier alpha value is -3.71. The Morgan fingerprint density at radius 3 is 2.47 bits per heavy atom. The number of amidine groups is 1. The number of halogens is 1. The van der Waals surface area contributed by atoms with Crippen molar-refractivity contribution in [1.82, 2.24) is 9.88 Å². The van der Waals surface area contributed by atoms with E-state index in [9.17, 15) is 9.59 Å². The van der Waals surface area contributed by atoms with Gasteiger partial charge in [0.15, 0.2) is 0 Å². The summed E-state index contributed by atoms with van der Waals surface area (Å²) in [7, 11) is 2.01. The Bertz CT molecular complexity index is 1160. The lowest BCUT2D eigenvalue weighted by molar-refractivity contribution is 0.102. The van der Waals surface area contributed by atoms with Crippen molar-refractivity contribution in [3.8, 4) is 0 Å². The second kappa shape index (κ2) is 9.62. The normalized spacial score (nSPS) is 13.3. The summed E-state index contributed by atoms with van der Waals surface area (Å²) in [6, 6.07) is 17.4. The van der Waals surface area contributed by atoms with Crippen LogP contribution < -0.4 is 10.6 Å². The first kappa shape index (κ1) is 21.5. The quantitative estimate of drug-likeness (QED) is 0.609. The van der Waals surface area contributed by atoms with E-state index in [0.717, 1.165) is 30.9 Å². The van der Waals surface area contributed by atoms with Crippen LogP contribution in [-0.4, -0.2) is 47.7 Å². The number of nitrogens with zero attached hydrogens (tertiary/aromatic N) is 3. The zero-order valence-electron chi connectivity index (χ0n) is 17.5. The molecule has 2 N–H and O–H groups in total. The average molecular weight is 448 g/mol. The Labute approximate surface area is 191 Å². The van der Waals surface area contributed by atoms with Crippen molar-refractivity contribution >= 4 is 40.8 Å². The van der Waals surface area contributed by atoms with Gasteiger partial charge in [0.05, 0.1) is 16.3 Å². The molecule has 0 fully saturated rings. The summed E-state index contributed by atoms with van der Waals surface area (Å²) in [6.45, 7) is 1.78. The van der Waals surface area contributed by atoms with Gasteiger partial charge in [-0.3, -0.25) is 14.6 Å². The number of aliphatic imine (C=N–C) groups is 1. The van der Waals surface area contributed by atoms with E-state index in [2.05, 4.69) is 25.5 Å². The molecule has 0 radical (unpaired) electrons. The number of benzene rings is 2. The van der Waals surface area contributed by atoms with Gasteiger partial charge in [0.2, 0.25) is 0 Å². The molecule has 0 saturated heterocycles. The van der Waals surface area contributed by atoms with Gasteiger partial charge in [-0.25, -0.2) is 4.98 Å². The third kappa shape index (κ3) is 4.95. The second-order valence-corrected chi connectivity index (χ2v) is 7.81. The van der Waals surface area contributed by atoms with Crippen LogP contribution in [0.5, 0.6) is 0 Å². The Morgan fingerprint density at radius 1 is 0.969 bits per heavy atom. The molecule has 2 aromatic carbocycles. The van der Waals surface area contributed by atoms with Crippen LogP contribution in [0.4, 0.5) is 11.5 Å². The van der Waals surface area contributed by atoms with Gasteiger partial charge >= 0.3 is 0 Å². The van der Waals surface area contributed by atoms with Gasteiger partial charge in [0, 0.05) is 37.5 Å². The predicted octanol–water partition coefficient (Wildman–Crippen LogP) is 4.32. The zero-order chi connectivity index (χ0) is 22.5. The van der Waals surface area contributed by atoms with Crippen LogP contribution in [0.15, 0.2) is 71.9 Å². The van der Waals surface area contributed by atoms with Crippen molar-refractivity contribution in [2.75, 3.05) is 30.8 Å². The number of aromatic nitrogens is 1. The van der Waals surface area contributed by atoms with Gasteiger partial charge in [-0.1, -0.05) is 35.9 Å². The van der Waals surface area contributed by atoms with Crippen molar-refractivity contribution in [2.24, 2.45) is 4.99 Å². The second-order valence-electron chi connectivity index (χ2n) is 7.37. The molecule has 0 spiro atoms. The maximum atomic E-state index is 12.8. The molecule has 0 aliphatic carbocycles. The minimum atomic E-state index is -0.385. The van der Waals surface area contributed by atoms with Crippen LogP contribution in [0, 0.1) is 0 Å². The number of anilines is 2. The molecule has 3 aromatic rings. The summed E-state index contributed by atoms with van der Waals surface area (Å²) in [4.78, 5) is 36.3. The minimum absolute atomic E-state index is 0.305. The van der Waals surface area contributed by atoms with Gasteiger partial charge in [-0.2, -0.15) is 0 Å². The third-order valence-electron chi connectivity index (χ3n) is 5.07. The molecule has 0 bridgehead atoms. The highest BCUT2D eigenvalue weighted by atomic mass is 35.5. The van der Waals surface area contributed by atoms with E-state index in [1.165, 1.54) is 6.20 Å². The summed E-state index contributed by atoms with van der Waals surface area (Å²) in [5.74, 6) is 0.609. The number of hydrogen-bond acceptors (Lipinski definition) is 5. The standard InChI is InChI=1S/C24H22ClN5O2/c1-30-14-4-13-26-22(30)16-7-9-17(10-8-16)23(31)28-20-6-3-2-5-19(20)24(32)29-21-12-11-18(25)15-27-21/h2-3,5-12,15H,4,13-14H2,1H3,(H,28,31)(H,27,29,32). The molecule has 1 aliphatic rings. The van der Waals surface area contributed by atoms with Crippen LogP contribution in [0.3, 0.4) is 0 Å². The van der Waals surface area contributed by atoms with Crippen LogP contribution in [0.25, 0.3) is 0 Å². The summed E-state index contributed by atoms with van der Waals surface area (Å²) < 4.78 is 0. The third-order valence-corrected chi connectivity index (χ3v) is 5.29. The maximum absolute atomic E-state index is 12.8. The fourth-order valence-electron chi connectivity index (χ4n) is 3.42. The lowest BCUT2D eigenvalue weighted by atomic mass is 10.1. The lowest BCUT2D eigenvalue weighted by Crippen LogP contribution is -2.32. The number of pyridine rings is 1. The molecule has 2 heterocycles. The summed E-state index contributed by atoms with van der Waals surface area (Å²) in [6.07, 6.45) is 2.49. The number of hydrogen-bond donors (Lipinski definition) is 2. The first-order valence-corrected chi connectivity index (χ1v) is 10.6. The largest absolute Gasteiger partial charge is 0.359 e. The number of amides is 2. The van der Waals surface area contributed by atoms with Crippen LogP contribution in [-0.2, 0) is 0 Å². The molecule has 2 amide bonds. The first-order valence-electron chi connectivity index (χ1n) is 10.2. The molecule has 32 heavy (non-hydrogen) atoms. The van der Waals surface area contributed by atoms with Crippen LogP contribution in [0.1, 0.15) is 32.7 Å². The van der Waals surface area contributed by atoms with Gasteiger partial charge < -0.3 is 15.5 Å². The van der Waals surface area contributed by atoms with Crippen molar-refractivity contribution in [3.05, 3.63) is 88.6 Å². The monoisotopic (exact) mass is 447 g/mol. The Balaban J connectivity index is 1.48. The molecular weight excluding hydrogens is 426 g/mol. The topological polar surface area (TPSA) is 86.7 Å². The molecule has 7 nitrogen and oxygen atoms in total.